The largest absolute Gasteiger partial charge is 0.472 e. The summed E-state index contributed by atoms with van der Waals surface area (Å²) in [5.41, 5.74) is 5.94. The molecule has 0 aliphatic heterocycles. The van der Waals surface area contributed by atoms with E-state index in [9.17, 15) is 9.59 Å². The number of amides is 2. The quantitative estimate of drug-likeness (QED) is 0.478. The van der Waals surface area contributed by atoms with Crippen molar-refractivity contribution < 1.29 is 14.0 Å². The van der Waals surface area contributed by atoms with Gasteiger partial charge in [0.2, 0.25) is 0 Å². The SMILES string of the molecule is NC(=S)CNC(=O)C(=O)NCc1ccoc1. The van der Waals surface area contributed by atoms with Gasteiger partial charge in [0.25, 0.3) is 0 Å². The van der Waals surface area contributed by atoms with Crippen molar-refractivity contribution in [1.82, 2.24) is 10.6 Å². The van der Waals surface area contributed by atoms with Gasteiger partial charge in [0, 0.05) is 12.1 Å². The summed E-state index contributed by atoms with van der Waals surface area (Å²) in [6.45, 7) is 0.239. The lowest BCUT2D eigenvalue weighted by Gasteiger charge is -2.04. The molecule has 0 unspecified atom stereocenters. The van der Waals surface area contributed by atoms with E-state index in [0.29, 0.717) is 0 Å². The summed E-state index contributed by atoms with van der Waals surface area (Å²) >= 11 is 4.55. The molecule has 1 aromatic rings. The zero-order chi connectivity index (χ0) is 12.0. The number of thiocarbonyl (C=S) groups is 1. The van der Waals surface area contributed by atoms with Crippen LogP contribution in [0, 0.1) is 0 Å². The lowest BCUT2D eigenvalue weighted by molar-refractivity contribution is -0.139. The molecule has 0 fully saturated rings. The summed E-state index contributed by atoms with van der Waals surface area (Å²) in [4.78, 5) is 22.5. The Morgan fingerprint density at radius 3 is 2.62 bits per heavy atom. The van der Waals surface area contributed by atoms with Crippen LogP contribution < -0.4 is 16.4 Å². The maximum Gasteiger partial charge on any atom is 0.309 e. The number of rotatable bonds is 4. The molecular weight excluding hydrogens is 230 g/mol. The highest BCUT2D eigenvalue weighted by atomic mass is 32.1. The van der Waals surface area contributed by atoms with E-state index in [0.717, 1.165) is 5.56 Å². The second-order valence-corrected chi connectivity index (χ2v) is 3.49. The smallest absolute Gasteiger partial charge is 0.309 e. The molecule has 2 amide bonds. The molecule has 0 saturated carbocycles. The summed E-state index contributed by atoms with van der Waals surface area (Å²) < 4.78 is 4.80. The minimum atomic E-state index is -0.767. The highest BCUT2D eigenvalue weighted by Gasteiger charge is 2.12. The normalized spacial score (nSPS) is 9.50. The number of nitrogens with one attached hydrogen (secondary N) is 2. The molecular formula is C9H11N3O3S. The van der Waals surface area contributed by atoms with Crippen LogP contribution in [0.2, 0.25) is 0 Å². The Morgan fingerprint density at radius 2 is 2.06 bits per heavy atom. The monoisotopic (exact) mass is 241 g/mol. The fourth-order valence-electron chi connectivity index (χ4n) is 0.904. The van der Waals surface area contributed by atoms with Gasteiger partial charge in [-0.05, 0) is 6.07 Å². The first kappa shape index (κ1) is 12.2. The van der Waals surface area contributed by atoms with Crippen molar-refractivity contribution >= 4 is 29.0 Å². The van der Waals surface area contributed by atoms with Gasteiger partial charge in [-0.25, -0.2) is 0 Å². The van der Waals surface area contributed by atoms with Crippen LogP contribution in [0.25, 0.3) is 0 Å². The molecule has 0 atom stereocenters. The number of carbonyl (C=O) groups excluding carboxylic acids is 2. The maximum atomic E-state index is 11.2. The maximum absolute atomic E-state index is 11.2. The number of hydrogen-bond donors (Lipinski definition) is 3. The topological polar surface area (TPSA) is 97.4 Å². The Morgan fingerprint density at radius 1 is 1.38 bits per heavy atom. The molecule has 7 heteroatoms. The van der Waals surface area contributed by atoms with Crippen molar-refractivity contribution in [2.24, 2.45) is 5.73 Å². The van der Waals surface area contributed by atoms with E-state index in [2.05, 4.69) is 22.9 Å². The second kappa shape index (κ2) is 5.86. The minimum Gasteiger partial charge on any atom is -0.472 e. The van der Waals surface area contributed by atoms with E-state index in [4.69, 9.17) is 10.2 Å². The average Bonchev–Trinajstić information content (AvgIpc) is 2.75. The van der Waals surface area contributed by atoms with E-state index < -0.39 is 11.8 Å². The molecule has 0 spiro atoms. The van der Waals surface area contributed by atoms with Gasteiger partial charge in [-0.15, -0.1) is 0 Å². The van der Waals surface area contributed by atoms with Gasteiger partial charge in [0.15, 0.2) is 0 Å². The summed E-state index contributed by atoms with van der Waals surface area (Å²) in [6.07, 6.45) is 2.96. The Bertz CT molecular complexity index is 389. The van der Waals surface area contributed by atoms with Crippen LogP contribution in [0.4, 0.5) is 0 Å². The molecule has 1 heterocycles. The van der Waals surface area contributed by atoms with Crippen molar-refractivity contribution in [2.45, 2.75) is 6.54 Å². The van der Waals surface area contributed by atoms with Gasteiger partial charge in [-0.2, -0.15) is 0 Å². The van der Waals surface area contributed by atoms with Gasteiger partial charge in [-0.3, -0.25) is 9.59 Å². The lowest BCUT2D eigenvalue weighted by Crippen LogP contribution is -2.42. The summed E-state index contributed by atoms with van der Waals surface area (Å²) in [7, 11) is 0. The number of nitrogens with two attached hydrogens (primary N) is 1. The standard InChI is InChI=1S/C9H11N3O3S/c10-7(16)4-12-9(14)8(13)11-3-6-1-2-15-5-6/h1-2,5H,3-4H2,(H2,10,16)(H,11,13)(H,12,14). The Balaban J connectivity index is 2.29. The van der Waals surface area contributed by atoms with E-state index >= 15 is 0 Å². The highest BCUT2D eigenvalue weighted by Crippen LogP contribution is 1.97. The van der Waals surface area contributed by atoms with Crippen molar-refractivity contribution in [3.8, 4) is 0 Å². The van der Waals surface area contributed by atoms with E-state index in [1.807, 2.05) is 0 Å². The molecule has 0 aromatic carbocycles. The van der Waals surface area contributed by atoms with Crippen LogP contribution in [0.1, 0.15) is 5.56 Å². The van der Waals surface area contributed by atoms with Gasteiger partial charge < -0.3 is 20.8 Å². The van der Waals surface area contributed by atoms with E-state index in [1.165, 1.54) is 12.5 Å². The molecule has 0 bridgehead atoms. The van der Waals surface area contributed by atoms with Crippen LogP contribution in [0.15, 0.2) is 23.0 Å². The first-order valence-corrected chi connectivity index (χ1v) is 4.86. The molecule has 4 N–H and O–H groups in total. The molecule has 0 aliphatic carbocycles. The van der Waals surface area contributed by atoms with E-state index in [-0.39, 0.29) is 18.1 Å². The Kier molecular flexibility index (Phi) is 4.46. The zero-order valence-corrected chi connectivity index (χ0v) is 9.17. The third-order valence-electron chi connectivity index (χ3n) is 1.66. The van der Waals surface area contributed by atoms with Crippen LogP contribution >= 0.6 is 12.2 Å². The first-order valence-electron chi connectivity index (χ1n) is 4.45. The molecule has 0 radical (unpaired) electrons. The number of furan rings is 1. The predicted molar refractivity (Wildman–Crippen MR) is 60.3 cm³/mol. The number of hydrogen-bond acceptors (Lipinski definition) is 4. The fraction of sp³-hybridized carbons (Fsp3) is 0.222. The van der Waals surface area contributed by atoms with Crippen LogP contribution in [0.3, 0.4) is 0 Å². The molecule has 16 heavy (non-hydrogen) atoms. The van der Waals surface area contributed by atoms with Gasteiger partial charge in [-0.1, -0.05) is 12.2 Å². The van der Waals surface area contributed by atoms with Crippen LogP contribution in [0.5, 0.6) is 0 Å². The third kappa shape index (κ3) is 4.09. The van der Waals surface area contributed by atoms with Crippen molar-refractivity contribution in [3.05, 3.63) is 24.2 Å². The minimum absolute atomic E-state index is 0.00724. The third-order valence-corrected chi connectivity index (χ3v) is 1.81. The second-order valence-electron chi connectivity index (χ2n) is 2.96. The highest BCUT2D eigenvalue weighted by molar-refractivity contribution is 7.80. The lowest BCUT2D eigenvalue weighted by atomic mass is 10.3. The Labute approximate surface area is 97.2 Å². The fourth-order valence-corrected chi connectivity index (χ4v) is 0.976. The molecule has 1 aromatic heterocycles. The predicted octanol–water partition coefficient (Wildman–Crippen LogP) is -0.702. The molecule has 0 aliphatic rings. The molecule has 1 rings (SSSR count). The van der Waals surface area contributed by atoms with Gasteiger partial charge in [0.05, 0.1) is 24.1 Å². The van der Waals surface area contributed by atoms with Gasteiger partial charge in [0.1, 0.15) is 0 Å². The summed E-state index contributed by atoms with van der Waals surface area (Å²) in [5.74, 6) is -1.51. The van der Waals surface area contributed by atoms with Crippen molar-refractivity contribution in [1.29, 1.82) is 0 Å². The van der Waals surface area contributed by atoms with E-state index in [1.54, 1.807) is 6.07 Å². The molecule has 6 nitrogen and oxygen atoms in total. The van der Waals surface area contributed by atoms with Crippen LogP contribution in [-0.4, -0.2) is 23.3 Å². The molecule has 0 saturated heterocycles. The van der Waals surface area contributed by atoms with Crippen molar-refractivity contribution in [2.75, 3.05) is 6.54 Å². The Hall–Kier alpha value is -1.89. The first-order chi connectivity index (χ1) is 7.59. The van der Waals surface area contributed by atoms with Gasteiger partial charge >= 0.3 is 11.8 Å². The molecule has 86 valence electrons. The number of carbonyl (C=O) groups is 2. The van der Waals surface area contributed by atoms with Crippen LogP contribution in [-0.2, 0) is 16.1 Å². The average molecular weight is 241 g/mol. The zero-order valence-electron chi connectivity index (χ0n) is 8.36. The van der Waals surface area contributed by atoms with Crippen molar-refractivity contribution in [3.63, 3.8) is 0 Å². The summed E-state index contributed by atoms with van der Waals surface area (Å²) in [5, 5.41) is 4.68. The summed E-state index contributed by atoms with van der Waals surface area (Å²) in [6, 6.07) is 1.69.